The second-order valence-electron chi connectivity index (χ2n) is 11.4. The monoisotopic (exact) mass is 650 g/mol. The van der Waals surface area contributed by atoms with Gasteiger partial charge in [-0.25, -0.2) is 0 Å². The Hall–Kier alpha value is -1.22. The number of anilines is 2. The summed E-state index contributed by atoms with van der Waals surface area (Å²) in [5.74, 6) is 0. The van der Waals surface area contributed by atoms with E-state index in [9.17, 15) is 0 Å². The van der Waals surface area contributed by atoms with E-state index in [-0.39, 0.29) is 0 Å². The Morgan fingerprint density at radius 2 is 0.738 bits per heavy atom. The third kappa shape index (κ3) is 22.3. The molecule has 0 amide bonds. The molecule has 1 rings (SSSR count). The molecule has 0 radical (unpaired) electrons. The van der Waals surface area contributed by atoms with Crippen LogP contribution in [-0.4, -0.2) is 20.2 Å². The van der Waals surface area contributed by atoms with Gasteiger partial charge in [-0.05, 0) is 62.3 Å². The van der Waals surface area contributed by atoms with E-state index in [1.54, 1.807) is 0 Å². The Morgan fingerprint density at radius 3 is 1.05 bits per heavy atom. The van der Waals surface area contributed by atoms with Crippen molar-refractivity contribution in [2.24, 2.45) is 0 Å². The minimum absolute atomic E-state index is 0.497. The standard InChI is InChI=1S/C34H58N4S4/c1-3-5-7-9-11-13-15-17-19-21-27-31(39)37-33(41)35-29-25-23-24-26-30(29)36-34(42)38-32(40)28-22-20-18-16-14-12-10-8-6-4-2/h23-26H,3-22,27-28H2,1-2H3,(H2,35,37,39,41)(H2,36,38,40,42). The molecule has 4 N–H and O–H groups in total. The van der Waals surface area contributed by atoms with Crippen LogP contribution in [0.4, 0.5) is 11.4 Å². The zero-order valence-corrected chi connectivity index (χ0v) is 29.8. The van der Waals surface area contributed by atoms with Gasteiger partial charge in [0.15, 0.2) is 10.2 Å². The predicted octanol–water partition coefficient (Wildman–Crippen LogP) is 11.5. The van der Waals surface area contributed by atoms with Crippen LogP contribution < -0.4 is 21.3 Å². The Bertz CT molecular complexity index is 819. The second-order valence-corrected chi connectivity index (χ2v) is 13.2. The summed E-state index contributed by atoms with van der Waals surface area (Å²) in [6.45, 7) is 4.54. The van der Waals surface area contributed by atoms with Gasteiger partial charge in [0.05, 0.1) is 21.4 Å². The third-order valence-corrected chi connectivity index (χ3v) is 8.46. The average Bonchev–Trinajstić information content (AvgIpc) is 2.96. The molecule has 0 atom stereocenters. The van der Waals surface area contributed by atoms with Gasteiger partial charge in [0.2, 0.25) is 0 Å². The summed E-state index contributed by atoms with van der Waals surface area (Å²) in [4.78, 5) is 1.57. The first kappa shape index (κ1) is 38.8. The molecule has 0 saturated heterocycles. The first-order chi connectivity index (χ1) is 20.5. The molecule has 1 aromatic rings. The zero-order valence-electron chi connectivity index (χ0n) is 26.5. The Labute approximate surface area is 279 Å². The maximum atomic E-state index is 5.54. The lowest BCUT2D eigenvalue weighted by molar-refractivity contribution is 0.559. The van der Waals surface area contributed by atoms with Crippen molar-refractivity contribution in [1.29, 1.82) is 0 Å². The molecular weight excluding hydrogens is 593 g/mol. The highest BCUT2D eigenvalue weighted by molar-refractivity contribution is 7.82. The van der Waals surface area contributed by atoms with Gasteiger partial charge in [-0.15, -0.1) is 0 Å². The fourth-order valence-corrected chi connectivity index (χ4v) is 6.02. The summed E-state index contributed by atoms with van der Waals surface area (Å²) in [6, 6.07) is 7.86. The molecule has 42 heavy (non-hydrogen) atoms. The number of thiocarbonyl (C=S) groups is 4. The van der Waals surface area contributed by atoms with Gasteiger partial charge >= 0.3 is 0 Å². The molecule has 0 heterocycles. The molecule has 0 aliphatic heterocycles. The Balaban J connectivity index is 2.22. The molecule has 238 valence electrons. The number of nitrogens with one attached hydrogen (secondary N) is 4. The molecule has 0 aliphatic carbocycles. The van der Waals surface area contributed by atoms with Crippen molar-refractivity contribution in [3.8, 4) is 0 Å². The predicted molar refractivity (Wildman–Crippen MR) is 203 cm³/mol. The maximum Gasteiger partial charge on any atom is 0.175 e. The summed E-state index contributed by atoms with van der Waals surface area (Å²) in [5, 5.41) is 13.9. The van der Waals surface area contributed by atoms with Crippen LogP contribution in [0.3, 0.4) is 0 Å². The highest BCUT2D eigenvalue weighted by atomic mass is 32.1. The molecule has 0 bridgehead atoms. The van der Waals surface area contributed by atoms with E-state index in [4.69, 9.17) is 48.9 Å². The Kier molecular flexibility index (Phi) is 25.3. The molecule has 8 heteroatoms. The van der Waals surface area contributed by atoms with E-state index < -0.39 is 0 Å². The minimum atomic E-state index is 0.497. The van der Waals surface area contributed by atoms with Gasteiger partial charge < -0.3 is 21.3 Å². The van der Waals surface area contributed by atoms with Crippen molar-refractivity contribution in [3.05, 3.63) is 24.3 Å². The highest BCUT2D eigenvalue weighted by Gasteiger charge is 2.08. The first-order valence-corrected chi connectivity index (χ1v) is 18.4. The first-order valence-electron chi connectivity index (χ1n) is 16.8. The quantitative estimate of drug-likeness (QED) is 0.0651. The fourth-order valence-electron chi connectivity index (χ4n) is 4.93. The largest absolute Gasteiger partial charge is 0.331 e. The maximum absolute atomic E-state index is 5.54. The fraction of sp³-hybridized carbons (Fsp3) is 0.706. The van der Waals surface area contributed by atoms with E-state index in [1.165, 1.54) is 116 Å². The second kappa shape index (κ2) is 27.3. The van der Waals surface area contributed by atoms with E-state index in [1.807, 2.05) is 24.3 Å². The van der Waals surface area contributed by atoms with Crippen molar-refractivity contribution >= 4 is 80.4 Å². The molecule has 1 aromatic carbocycles. The van der Waals surface area contributed by atoms with Crippen LogP contribution in [0.15, 0.2) is 24.3 Å². The van der Waals surface area contributed by atoms with E-state index in [0.29, 0.717) is 10.2 Å². The van der Waals surface area contributed by atoms with Crippen LogP contribution in [0.5, 0.6) is 0 Å². The van der Waals surface area contributed by atoms with Gasteiger partial charge in [-0.3, -0.25) is 0 Å². The van der Waals surface area contributed by atoms with Crippen LogP contribution >= 0.6 is 48.9 Å². The molecule has 0 fully saturated rings. The minimum Gasteiger partial charge on any atom is -0.331 e. The molecule has 0 unspecified atom stereocenters. The van der Waals surface area contributed by atoms with Crippen molar-refractivity contribution in [2.75, 3.05) is 10.6 Å². The van der Waals surface area contributed by atoms with Gasteiger partial charge in [0.25, 0.3) is 0 Å². The van der Waals surface area contributed by atoms with Gasteiger partial charge in [-0.1, -0.05) is 166 Å². The number of hydrogen-bond donors (Lipinski definition) is 4. The number of para-hydroxylation sites is 2. The lowest BCUT2D eigenvalue weighted by Crippen LogP contribution is -2.34. The summed E-state index contributed by atoms with van der Waals surface area (Å²) in [7, 11) is 0. The van der Waals surface area contributed by atoms with Crippen LogP contribution in [0, 0.1) is 0 Å². The highest BCUT2D eigenvalue weighted by Crippen LogP contribution is 2.21. The normalized spacial score (nSPS) is 10.7. The van der Waals surface area contributed by atoms with Crippen molar-refractivity contribution < 1.29 is 0 Å². The summed E-state index contributed by atoms with van der Waals surface area (Å²) in [6.07, 6.45) is 28.0. The number of benzene rings is 1. The Morgan fingerprint density at radius 1 is 0.452 bits per heavy atom. The number of rotatable bonds is 24. The molecular formula is C34H58N4S4. The van der Waals surface area contributed by atoms with Crippen LogP contribution in [0.2, 0.25) is 0 Å². The van der Waals surface area contributed by atoms with Crippen molar-refractivity contribution in [2.45, 2.75) is 155 Å². The zero-order chi connectivity index (χ0) is 30.7. The summed E-state index contributed by atoms with van der Waals surface area (Å²) in [5.41, 5.74) is 1.67. The van der Waals surface area contributed by atoms with Crippen LogP contribution in [-0.2, 0) is 0 Å². The van der Waals surface area contributed by atoms with Crippen molar-refractivity contribution in [1.82, 2.24) is 10.6 Å². The topological polar surface area (TPSA) is 48.1 Å². The average molecular weight is 651 g/mol. The molecule has 0 spiro atoms. The molecule has 0 aliphatic rings. The SMILES string of the molecule is CCCCCCCCCCCCC(=S)NC(=S)Nc1ccccc1NC(=S)NC(=S)CCCCCCCCCCCC. The summed E-state index contributed by atoms with van der Waals surface area (Å²) < 4.78 is 0. The van der Waals surface area contributed by atoms with Gasteiger partial charge in [0, 0.05) is 0 Å². The molecule has 0 saturated carbocycles. The molecule has 0 aromatic heterocycles. The third-order valence-electron chi connectivity index (χ3n) is 7.44. The van der Waals surface area contributed by atoms with Crippen LogP contribution in [0.1, 0.15) is 155 Å². The van der Waals surface area contributed by atoms with E-state index in [0.717, 1.165) is 47.0 Å². The van der Waals surface area contributed by atoms with E-state index in [2.05, 4.69) is 35.1 Å². The number of unbranched alkanes of at least 4 members (excludes halogenated alkanes) is 18. The van der Waals surface area contributed by atoms with E-state index >= 15 is 0 Å². The lowest BCUT2D eigenvalue weighted by Gasteiger charge is -2.17. The van der Waals surface area contributed by atoms with Gasteiger partial charge in [0.1, 0.15) is 0 Å². The smallest absolute Gasteiger partial charge is 0.175 e. The van der Waals surface area contributed by atoms with Crippen LogP contribution in [0.25, 0.3) is 0 Å². The van der Waals surface area contributed by atoms with Crippen molar-refractivity contribution in [3.63, 3.8) is 0 Å². The lowest BCUT2D eigenvalue weighted by atomic mass is 10.1. The number of hydrogen-bond acceptors (Lipinski definition) is 4. The molecule has 4 nitrogen and oxygen atoms in total. The summed E-state index contributed by atoms with van der Waals surface area (Å²) >= 11 is 22.2. The van der Waals surface area contributed by atoms with Gasteiger partial charge in [-0.2, -0.15) is 0 Å².